The number of imidazole rings is 1. The van der Waals surface area contributed by atoms with Crippen molar-refractivity contribution >= 4 is 42.2 Å². The highest BCUT2D eigenvalue weighted by Crippen LogP contribution is 2.00. The van der Waals surface area contributed by atoms with Crippen LogP contribution in [0.2, 0.25) is 0 Å². The maximum Gasteiger partial charge on any atom is 0.328 e. The zero-order valence-electron chi connectivity index (χ0n) is 16.3. The Hall–Kier alpha value is -3.17. The molecule has 1 heterocycles. The number of carboxylic acid groups (broad SMARTS) is 1. The van der Waals surface area contributed by atoms with Gasteiger partial charge in [-0.3, -0.25) is 19.2 Å². The number of carbonyl (C=O) groups is 5. The van der Waals surface area contributed by atoms with Crippen LogP contribution in [0.15, 0.2) is 12.5 Å². The van der Waals surface area contributed by atoms with Crippen molar-refractivity contribution in [2.24, 2.45) is 11.5 Å². The number of thiol groups is 1. The van der Waals surface area contributed by atoms with Crippen LogP contribution in [0.3, 0.4) is 0 Å². The zero-order valence-corrected chi connectivity index (χ0v) is 17.2. The Morgan fingerprint density at radius 1 is 1.06 bits per heavy atom. The highest BCUT2D eigenvalue weighted by molar-refractivity contribution is 7.80. The largest absolute Gasteiger partial charge is 0.480 e. The minimum absolute atomic E-state index is 0.122. The van der Waals surface area contributed by atoms with Crippen molar-refractivity contribution in [3.05, 3.63) is 18.2 Å². The number of primary amides is 1. The molecule has 15 heteroatoms. The van der Waals surface area contributed by atoms with Crippen LogP contribution in [0.25, 0.3) is 0 Å². The summed E-state index contributed by atoms with van der Waals surface area (Å²) >= 11 is 3.99. The lowest BCUT2D eigenvalue weighted by Gasteiger charge is -2.23. The Morgan fingerprint density at radius 2 is 1.65 bits per heavy atom. The molecule has 0 saturated heterocycles. The van der Waals surface area contributed by atoms with Gasteiger partial charge in [-0.15, -0.1) is 0 Å². The molecule has 0 spiro atoms. The predicted molar refractivity (Wildman–Crippen MR) is 108 cm³/mol. The van der Waals surface area contributed by atoms with Crippen molar-refractivity contribution in [2.45, 2.75) is 37.0 Å². The van der Waals surface area contributed by atoms with Gasteiger partial charge in [0, 0.05) is 24.1 Å². The average Bonchev–Trinajstić information content (AvgIpc) is 3.21. The van der Waals surface area contributed by atoms with Crippen LogP contribution >= 0.6 is 12.6 Å². The monoisotopic (exact) mass is 459 g/mol. The number of aliphatic hydroxyl groups excluding tert-OH is 1. The van der Waals surface area contributed by atoms with Gasteiger partial charge in [0.2, 0.25) is 23.6 Å². The lowest BCUT2D eigenvalue weighted by Crippen LogP contribution is -2.58. The summed E-state index contributed by atoms with van der Waals surface area (Å²) in [6, 6.07) is -5.43. The van der Waals surface area contributed by atoms with Gasteiger partial charge in [-0.05, 0) is 0 Å². The second-order valence-corrected chi connectivity index (χ2v) is 6.81. The van der Waals surface area contributed by atoms with Crippen molar-refractivity contribution in [2.75, 3.05) is 12.4 Å². The second-order valence-electron chi connectivity index (χ2n) is 6.44. The lowest BCUT2D eigenvalue weighted by molar-refractivity contribution is -0.143. The maximum atomic E-state index is 12.5. The smallest absolute Gasteiger partial charge is 0.328 e. The third-order valence-corrected chi connectivity index (χ3v) is 4.35. The van der Waals surface area contributed by atoms with Crippen molar-refractivity contribution in [3.63, 3.8) is 0 Å². The minimum atomic E-state index is -1.65. The van der Waals surface area contributed by atoms with Crippen LogP contribution in [0.4, 0.5) is 0 Å². The zero-order chi connectivity index (χ0) is 23.6. The molecule has 172 valence electrons. The first-order valence-corrected chi connectivity index (χ1v) is 9.59. The number of aliphatic carboxylic acids is 1. The van der Waals surface area contributed by atoms with E-state index < -0.39 is 66.8 Å². The number of carboxylic acids is 1. The molecule has 1 rings (SSSR count). The van der Waals surface area contributed by atoms with Crippen LogP contribution in [0, 0.1) is 0 Å². The van der Waals surface area contributed by atoms with E-state index in [0.29, 0.717) is 5.69 Å². The summed E-state index contributed by atoms with van der Waals surface area (Å²) < 4.78 is 0. The van der Waals surface area contributed by atoms with Crippen molar-refractivity contribution in [3.8, 4) is 0 Å². The molecule has 0 aliphatic carbocycles. The van der Waals surface area contributed by atoms with E-state index in [2.05, 4.69) is 33.2 Å². The van der Waals surface area contributed by atoms with E-state index in [0.717, 1.165) is 0 Å². The molecule has 14 nitrogen and oxygen atoms in total. The Balaban J connectivity index is 2.79. The SMILES string of the molecule is NC(=O)CC(NC(=O)C(CS)NC(=O)C(N)Cc1cnc[nH]1)C(=O)NC(CO)C(=O)O. The Kier molecular flexibility index (Phi) is 10.4. The van der Waals surface area contributed by atoms with Gasteiger partial charge in [0.15, 0.2) is 0 Å². The van der Waals surface area contributed by atoms with E-state index in [1.165, 1.54) is 12.5 Å². The summed E-state index contributed by atoms with van der Waals surface area (Å²) in [5, 5.41) is 24.5. The van der Waals surface area contributed by atoms with Gasteiger partial charge in [0.05, 0.1) is 25.4 Å². The molecule has 4 unspecified atom stereocenters. The number of aromatic nitrogens is 2. The summed E-state index contributed by atoms with van der Waals surface area (Å²) in [7, 11) is 0. The number of nitrogens with one attached hydrogen (secondary N) is 4. The molecule has 4 amide bonds. The van der Waals surface area contributed by atoms with E-state index in [1.807, 2.05) is 5.32 Å². The number of H-pyrrole nitrogens is 1. The van der Waals surface area contributed by atoms with Crippen LogP contribution in [0.1, 0.15) is 12.1 Å². The van der Waals surface area contributed by atoms with Gasteiger partial charge in [-0.2, -0.15) is 12.6 Å². The predicted octanol–water partition coefficient (Wildman–Crippen LogP) is -4.38. The number of amides is 4. The molecule has 0 aromatic carbocycles. The summed E-state index contributed by atoms with van der Waals surface area (Å²) in [6.45, 7) is -0.915. The van der Waals surface area contributed by atoms with Crippen molar-refractivity contribution < 1.29 is 34.2 Å². The van der Waals surface area contributed by atoms with Gasteiger partial charge in [0.25, 0.3) is 0 Å². The van der Waals surface area contributed by atoms with E-state index in [4.69, 9.17) is 21.7 Å². The van der Waals surface area contributed by atoms with Gasteiger partial charge in [0.1, 0.15) is 18.1 Å². The van der Waals surface area contributed by atoms with Gasteiger partial charge < -0.3 is 42.6 Å². The van der Waals surface area contributed by atoms with Gasteiger partial charge in [-0.25, -0.2) is 9.78 Å². The van der Waals surface area contributed by atoms with Gasteiger partial charge in [-0.1, -0.05) is 0 Å². The van der Waals surface area contributed by atoms with E-state index >= 15 is 0 Å². The highest BCUT2D eigenvalue weighted by Gasteiger charge is 2.30. The second kappa shape index (κ2) is 12.5. The number of nitrogens with zero attached hydrogens (tertiary/aromatic N) is 1. The van der Waals surface area contributed by atoms with Crippen LogP contribution in [0.5, 0.6) is 0 Å². The quantitative estimate of drug-likeness (QED) is 0.129. The van der Waals surface area contributed by atoms with E-state index in [1.54, 1.807) is 0 Å². The molecule has 0 fully saturated rings. The average molecular weight is 459 g/mol. The molecule has 0 saturated carbocycles. The fraction of sp³-hybridized carbons (Fsp3) is 0.500. The number of rotatable bonds is 13. The summed E-state index contributed by atoms with van der Waals surface area (Å²) in [4.78, 5) is 65.8. The molecular weight excluding hydrogens is 434 g/mol. The van der Waals surface area contributed by atoms with Gasteiger partial charge >= 0.3 is 5.97 Å². The van der Waals surface area contributed by atoms with Crippen LogP contribution in [-0.2, 0) is 30.4 Å². The fourth-order valence-corrected chi connectivity index (χ4v) is 2.60. The third kappa shape index (κ3) is 8.61. The van der Waals surface area contributed by atoms with Crippen LogP contribution in [-0.4, -0.2) is 86.3 Å². The number of hydrogen-bond donors (Lipinski definition) is 9. The highest BCUT2D eigenvalue weighted by atomic mass is 32.1. The third-order valence-electron chi connectivity index (χ3n) is 3.98. The maximum absolute atomic E-state index is 12.5. The molecule has 1 aromatic rings. The molecule has 1 aromatic heterocycles. The number of hydrogen-bond acceptors (Lipinski definition) is 9. The normalized spacial score (nSPS) is 14.5. The lowest BCUT2D eigenvalue weighted by atomic mass is 10.1. The minimum Gasteiger partial charge on any atom is -0.480 e. The Bertz CT molecular complexity index is 789. The Morgan fingerprint density at radius 3 is 2.13 bits per heavy atom. The Labute approximate surface area is 181 Å². The number of aliphatic hydroxyl groups is 1. The number of carbonyl (C=O) groups excluding carboxylic acids is 4. The summed E-state index contributed by atoms with van der Waals surface area (Å²) in [5.41, 5.74) is 11.5. The first-order chi connectivity index (χ1) is 14.6. The summed E-state index contributed by atoms with van der Waals surface area (Å²) in [5.74, 6) is -5.27. The van der Waals surface area contributed by atoms with Crippen molar-refractivity contribution in [1.29, 1.82) is 0 Å². The van der Waals surface area contributed by atoms with Crippen LogP contribution < -0.4 is 27.4 Å². The molecular formula is C16H25N7O7S. The molecule has 0 radical (unpaired) electrons. The fourth-order valence-electron chi connectivity index (χ4n) is 2.34. The van der Waals surface area contributed by atoms with Crippen molar-refractivity contribution in [1.82, 2.24) is 25.9 Å². The molecule has 0 aliphatic heterocycles. The standard InChI is InChI=1S/C16H25N7O7S/c17-8(1-7-3-19-6-20-7)13(26)23-11(5-31)15(28)21-9(2-12(18)25)14(27)22-10(4-24)16(29)30/h3,6,8-11,24,31H,1-2,4-5,17H2,(H2,18,25)(H,19,20)(H,21,28)(H,22,27)(H,23,26)(H,29,30). The van der Waals surface area contributed by atoms with E-state index in [9.17, 15) is 24.0 Å². The molecule has 4 atom stereocenters. The molecule has 0 bridgehead atoms. The number of aromatic amines is 1. The first kappa shape index (κ1) is 25.9. The molecule has 10 N–H and O–H groups in total. The first-order valence-electron chi connectivity index (χ1n) is 8.95. The molecule has 31 heavy (non-hydrogen) atoms. The summed E-state index contributed by atoms with van der Waals surface area (Å²) in [6.07, 6.45) is 2.37. The number of nitrogens with two attached hydrogens (primary N) is 2. The van der Waals surface area contributed by atoms with E-state index in [-0.39, 0.29) is 12.2 Å². The topological polar surface area (TPSA) is 243 Å². The molecule has 0 aliphatic rings.